The number of nitrogens with one attached hydrogen (secondary N) is 2. The monoisotopic (exact) mass is 318 g/mol. The van der Waals surface area contributed by atoms with Crippen LogP contribution in [0.4, 0.5) is 0 Å². The second-order valence-corrected chi connectivity index (χ2v) is 6.35. The van der Waals surface area contributed by atoms with Crippen molar-refractivity contribution in [2.45, 2.75) is 32.7 Å². The van der Waals surface area contributed by atoms with E-state index in [0.717, 1.165) is 0 Å². The molecule has 6 heteroatoms. The van der Waals surface area contributed by atoms with Gasteiger partial charge in [0.15, 0.2) is 5.11 Å². The van der Waals surface area contributed by atoms with Crippen molar-refractivity contribution in [1.29, 1.82) is 0 Å². The van der Waals surface area contributed by atoms with Crippen LogP contribution in [0.15, 0.2) is 18.2 Å². The van der Waals surface area contributed by atoms with E-state index in [4.69, 9.17) is 35.4 Å². The second-order valence-electron chi connectivity index (χ2n) is 5.13. The van der Waals surface area contributed by atoms with E-state index < -0.39 is 0 Å². The van der Waals surface area contributed by atoms with Crippen molar-refractivity contribution in [2.24, 2.45) is 0 Å². The molecule has 0 saturated heterocycles. The smallest absolute Gasteiger partial charge is 0.230 e. The standard InChI is InChI=1S/C13H16Cl2N2OS/c1-13(2,3)17-12(19)16-11(18)7-8-9(14)5-4-6-10(8)15/h4-6H,7H2,1-3H3,(H2,16,17,18,19). The SMILES string of the molecule is CC(C)(C)NC(=S)NC(=O)Cc1c(Cl)cccc1Cl. The Morgan fingerprint density at radius 2 is 1.79 bits per heavy atom. The molecule has 0 atom stereocenters. The van der Waals surface area contributed by atoms with E-state index in [0.29, 0.717) is 20.7 Å². The van der Waals surface area contributed by atoms with Crippen molar-refractivity contribution < 1.29 is 4.79 Å². The molecule has 104 valence electrons. The zero-order chi connectivity index (χ0) is 14.6. The van der Waals surface area contributed by atoms with Gasteiger partial charge in [0, 0.05) is 15.6 Å². The Morgan fingerprint density at radius 1 is 1.26 bits per heavy atom. The molecule has 0 aliphatic rings. The first-order chi connectivity index (χ1) is 8.69. The van der Waals surface area contributed by atoms with Gasteiger partial charge in [0.25, 0.3) is 0 Å². The summed E-state index contributed by atoms with van der Waals surface area (Å²) >= 11 is 17.1. The summed E-state index contributed by atoms with van der Waals surface area (Å²) in [5.41, 5.74) is 0.397. The van der Waals surface area contributed by atoms with E-state index in [1.165, 1.54) is 0 Å². The van der Waals surface area contributed by atoms with E-state index in [1.54, 1.807) is 18.2 Å². The van der Waals surface area contributed by atoms with E-state index in [2.05, 4.69) is 10.6 Å². The van der Waals surface area contributed by atoms with Crippen molar-refractivity contribution in [3.05, 3.63) is 33.8 Å². The molecule has 0 aromatic heterocycles. The van der Waals surface area contributed by atoms with Crippen LogP contribution in [0.1, 0.15) is 26.3 Å². The highest BCUT2D eigenvalue weighted by Crippen LogP contribution is 2.24. The van der Waals surface area contributed by atoms with Crippen LogP contribution in [0, 0.1) is 0 Å². The van der Waals surface area contributed by atoms with Crippen molar-refractivity contribution in [3.8, 4) is 0 Å². The minimum absolute atomic E-state index is 0.0878. The average molecular weight is 319 g/mol. The molecule has 0 aliphatic carbocycles. The third kappa shape index (κ3) is 5.76. The Morgan fingerprint density at radius 3 is 2.26 bits per heavy atom. The van der Waals surface area contributed by atoms with Crippen LogP contribution in [0.25, 0.3) is 0 Å². The molecule has 1 rings (SSSR count). The number of thiocarbonyl (C=S) groups is 1. The van der Waals surface area contributed by atoms with Gasteiger partial charge in [-0.15, -0.1) is 0 Å². The van der Waals surface area contributed by atoms with Gasteiger partial charge in [-0.05, 0) is 50.7 Å². The summed E-state index contributed by atoms with van der Waals surface area (Å²) in [5.74, 6) is -0.253. The van der Waals surface area contributed by atoms with E-state index in [1.807, 2.05) is 20.8 Å². The lowest BCUT2D eigenvalue weighted by Gasteiger charge is -2.22. The molecule has 1 amide bonds. The molecule has 3 nitrogen and oxygen atoms in total. The summed E-state index contributed by atoms with van der Waals surface area (Å²) in [6.07, 6.45) is 0.0878. The van der Waals surface area contributed by atoms with Gasteiger partial charge in [0.05, 0.1) is 6.42 Å². The van der Waals surface area contributed by atoms with Gasteiger partial charge in [-0.3, -0.25) is 4.79 Å². The summed E-state index contributed by atoms with van der Waals surface area (Å²) in [6, 6.07) is 5.13. The zero-order valence-corrected chi connectivity index (χ0v) is 13.3. The molecule has 0 aliphatic heterocycles. The second kappa shape index (κ2) is 6.55. The molecule has 0 unspecified atom stereocenters. The van der Waals surface area contributed by atoms with Crippen molar-refractivity contribution >= 4 is 46.4 Å². The summed E-state index contributed by atoms with van der Waals surface area (Å²) < 4.78 is 0. The molecule has 1 aromatic rings. The number of hydrogen-bond acceptors (Lipinski definition) is 2. The summed E-state index contributed by atoms with van der Waals surface area (Å²) in [7, 11) is 0. The summed E-state index contributed by atoms with van der Waals surface area (Å²) in [4.78, 5) is 11.9. The molecular weight excluding hydrogens is 303 g/mol. The predicted octanol–water partition coefficient (Wildman–Crippen LogP) is 3.33. The molecule has 0 radical (unpaired) electrons. The first kappa shape index (κ1) is 16.2. The average Bonchev–Trinajstić information content (AvgIpc) is 2.20. The largest absolute Gasteiger partial charge is 0.358 e. The first-order valence-electron chi connectivity index (χ1n) is 5.74. The van der Waals surface area contributed by atoms with Gasteiger partial charge in [-0.1, -0.05) is 29.3 Å². The van der Waals surface area contributed by atoms with E-state index >= 15 is 0 Å². The predicted molar refractivity (Wildman–Crippen MR) is 83.8 cm³/mol. The molecule has 0 bridgehead atoms. The zero-order valence-electron chi connectivity index (χ0n) is 11.0. The number of amides is 1. The maximum absolute atomic E-state index is 11.9. The van der Waals surface area contributed by atoms with Crippen LogP contribution in [0.5, 0.6) is 0 Å². The third-order valence-corrected chi connectivity index (χ3v) is 3.05. The van der Waals surface area contributed by atoms with Crippen LogP contribution in [-0.2, 0) is 11.2 Å². The van der Waals surface area contributed by atoms with Gasteiger partial charge in [0.2, 0.25) is 5.91 Å². The van der Waals surface area contributed by atoms with Gasteiger partial charge in [-0.25, -0.2) is 0 Å². The Kier molecular flexibility index (Phi) is 5.59. The van der Waals surface area contributed by atoms with Crippen molar-refractivity contribution in [1.82, 2.24) is 10.6 Å². The highest BCUT2D eigenvalue weighted by molar-refractivity contribution is 7.80. The normalized spacial score (nSPS) is 11.0. The summed E-state index contributed by atoms with van der Waals surface area (Å²) in [5, 5.41) is 6.83. The quantitative estimate of drug-likeness (QED) is 0.822. The highest BCUT2D eigenvalue weighted by Gasteiger charge is 2.15. The first-order valence-corrected chi connectivity index (χ1v) is 6.90. The molecule has 0 spiro atoms. The van der Waals surface area contributed by atoms with Crippen LogP contribution in [0.3, 0.4) is 0 Å². The third-order valence-electron chi connectivity index (χ3n) is 2.14. The number of benzene rings is 1. The number of hydrogen-bond donors (Lipinski definition) is 2. The van der Waals surface area contributed by atoms with Crippen LogP contribution in [-0.4, -0.2) is 16.6 Å². The number of rotatable bonds is 2. The Bertz CT molecular complexity index is 478. The Hall–Kier alpha value is -0.840. The number of halogens is 2. The minimum atomic E-state index is -0.253. The molecule has 2 N–H and O–H groups in total. The van der Waals surface area contributed by atoms with E-state index in [-0.39, 0.29) is 17.9 Å². The minimum Gasteiger partial charge on any atom is -0.358 e. The Balaban J connectivity index is 2.64. The van der Waals surface area contributed by atoms with Crippen LogP contribution < -0.4 is 10.6 Å². The molecule has 0 fully saturated rings. The van der Waals surface area contributed by atoms with Crippen molar-refractivity contribution in [2.75, 3.05) is 0 Å². The maximum atomic E-state index is 11.9. The fraction of sp³-hybridized carbons (Fsp3) is 0.385. The molecule has 0 heterocycles. The summed E-state index contributed by atoms with van der Waals surface area (Å²) in [6.45, 7) is 5.86. The number of carbonyl (C=O) groups is 1. The molecule has 19 heavy (non-hydrogen) atoms. The fourth-order valence-electron chi connectivity index (χ4n) is 1.40. The Labute approximate surface area is 128 Å². The van der Waals surface area contributed by atoms with Gasteiger partial charge >= 0.3 is 0 Å². The lowest BCUT2D eigenvalue weighted by atomic mass is 10.1. The fourth-order valence-corrected chi connectivity index (χ4v) is 2.36. The maximum Gasteiger partial charge on any atom is 0.230 e. The molecule has 0 saturated carbocycles. The number of carbonyl (C=O) groups excluding carboxylic acids is 1. The van der Waals surface area contributed by atoms with Crippen molar-refractivity contribution in [3.63, 3.8) is 0 Å². The van der Waals surface area contributed by atoms with Gasteiger partial charge in [-0.2, -0.15) is 0 Å². The van der Waals surface area contributed by atoms with Gasteiger partial charge < -0.3 is 10.6 Å². The topological polar surface area (TPSA) is 41.1 Å². The van der Waals surface area contributed by atoms with Gasteiger partial charge in [0.1, 0.15) is 0 Å². The van der Waals surface area contributed by atoms with Crippen LogP contribution >= 0.6 is 35.4 Å². The molecular formula is C13H16Cl2N2OS. The van der Waals surface area contributed by atoms with Crippen LogP contribution in [0.2, 0.25) is 10.0 Å². The van der Waals surface area contributed by atoms with E-state index in [9.17, 15) is 4.79 Å². The lowest BCUT2D eigenvalue weighted by Crippen LogP contribution is -2.48. The lowest BCUT2D eigenvalue weighted by molar-refractivity contribution is -0.119. The molecule has 1 aromatic carbocycles. The highest BCUT2D eigenvalue weighted by atomic mass is 35.5.